The van der Waals surface area contributed by atoms with Crippen LogP contribution in [-0.2, 0) is 93.3 Å². The van der Waals surface area contributed by atoms with Crippen molar-refractivity contribution in [1.29, 1.82) is 0 Å². The Kier molecular flexibility index (Phi) is 20.8. The molecule has 6 aliphatic heterocycles. The van der Waals surface area contributed by atoms with Gasteiger partial charge in [0.2, 0.25) is 17.6 Å². The van der Waals surface area contributed by atoms with Crippen LogP contribution in [0.2, 0.25) is 0 Å². The topological polar surface area (TPSA) is 250 Å². The van der Waals surface area contributed by atoms with Gasteiger partial charge in [-0.25, -0.2) is 14.4 Å². The number of fused-ring (bicyclic) bond motifs is 9. The van der Waals surface area contributed by atoms with Crippen LogP contribution in [0.3, 0.4) is 0 Å². The first-order chi connectivity index (χ1) is 42.1. The summed E-state index contributed by atoms with van der Waals surface area (Å²) >= 11 is 0. The normalized spacial score (nSPS) is 18.3. The summed E-state index contributed by atoms with van der Waals surface area (Å²) in [6.45, 7) is 7.96. The largest absolute Gasteiger partial charge is 0.534 e. The average Bonchev–Trinajstić information content (AvgIpc) is 1.53. The second-order valence-corrected chi connectivity index (χ2v) is 22.2. The average molecular weight is 1230 g/mol. The van der Waals surface area contributed by atoms with E-state index in [1.165, 1.54) is 33.9 Å². The number of hydrogen-bond acceptors (Lipinski definition) is 20. The van der Waals surface area contributed by atoms with Gasteiger partial charge in [0.1, 0.15) is 50.5 Å². The van der Waals surface area contributed by atoms with Crippen LogP contribution in [0.5, 0.6) is 23.4 Å². The van der Waals surface area contributed by atoms with Crippen molar-refractivity contribution in [3.63, 3.8) is 0 Å². The number of methoxy groups -OCH3 is 2. The minimum atomic E-state index is -5.78. The molecule has 6 aromatic rings. The maximum atomic E-state index is 12.6. The van der Waals surface area contributed by atoms with Gasteiger partial charge >= 0.3 is 32.7 Å². The highest BCUT2D eigenvalue weighted by molar-refractivity contribution is 7.88. The van der Waals surface area contributed by atoms with E-state index in [0.717, 1.165) is 72.0 Å². The summed E-state index contributed by atoms with van der Waals surface area (Å²) in [4.78, 5) is 49.4. The van der Waals surface area contributed by atoms with Gasteiger partial charge in [0.15, 0.2) is 0 Å². The maximum absolute atomic E-state index is 12.6. The van der Waals surface area contributed by atoms with Crippen molar-refractivity contribution < 1.29 is 77.9 Å². The van der Waals surface area contributed by atoms with Gasteiger partial charge in [-0.05, 0) is 84.7 Å². The number of aromatic nitrogens is 6. The third kappa shape index (κ3) is 16.0. The van der Waals surface area contributed by atoms with Crippen LogP contribution in [0.4, 0.5) is 13.2 Å². The van der Waals surface area contributed by atoms with E-state index < -0.39 is 27.1 Å². The van der Waals surface area contributed by atoms with Gasteiger partial charge in [-0.15, -0.1) is 0 Å². The molecule has 3 aromatic carbocycles. The molecule has 0 radical (unpaired) electrons. The van der Waals surface area contributed by atoms with Crippen molar-refractivity contribution in [2.75, 3.05) is 107 Å². The van der Waals surface area contributed by atoms with Crippen molar-refractivity contribution in [3.05, 3.63) is 132 Å². The molecule has 3 aromatic heterocycles. The predicted molar refractivity (Wildman–Crippen MR) is 306 cm³/mol. The molecule has 0 saturated carbocycles. The zero-order valence-corrected chi connectivity index (χ0v) is 48.7. The second-order valence-electron chi connectivity index (χ2n) is 20.6. The Hall–Kier alpha value is -7.52. The summed E-state index contributed by atoms with van der Waals surface area (Å²) in [7, 11) is -2.43. The van der Waals surface area contributed by atoms with Gasteiger partial charge < -0.3 is 56.3 Å². The lowest BCUT2D eigenvalue weighted by Gasteiger charge is -2.24. The van der Waals surface area contributed by atoms with Gasteiger partial charge in [0.25, 0.3) is 0 Å². The number of rotatable bonds is 16. The molecule has 3 atom stereocenters. The van der Waals surface area contributed by atoms with Crippen LogP contribution >= 0.6 is 0 Å². The summed E-state index contributed by atoms with van der Waals surface area (Å²) in [5.74, 6) is 6.30. The van der Waals surface area contributed by atoms with E-state index >= 15 is 0 Å². The fourth-order valence-corrected chi connectivity index (χ4v) is 10.8. The molecular weight excluding hydrogens is 1170 g/mol. The molecule has 0 aliphatic carbocycles. The van der Waals surface area contributed by atoms with Gasteiger partial charge in [-0.2, -0.15) is 36.5 Å². The predicted octanol–water partition coefficient (Wildman–Crippen LogP) is 4.59. The number of nitrogens with zero attached hydrogens (tertiary/aromatic N) is 6. The summed E-state index contributed by atoms with van der Waals surface area (Å²) in [5, 5.41) is 0. The molecule has 0 bridgehead atoms. The van der Waals surface area contributed by atoms with E-state index in [2.05, 4.69) is 55.2 Å². The Morgan fingerprint density at radius 3 is 1.46 bits per heavy atom. The molecule has 3 fully saturated rings. The lowest BCUT2D eigenvalue weighted by atomic mass is 9.94. The van der Waals surface area contributed by atoms with E-state index in [1.807, 2.05) is 24.3 Å². The minimum absolute atomic E-state index is 0.0678. The molecule has 9 heterocycles. The van der Waals surface area contributed by atoms with E-state index in [1.54, 1.807) is 23.4 Å². The first kappa shape index (κ1) is 62.5. The summed E-state index contributed by atoms with van der Waals surface area (Å²) in [6, 6.07) is 21.4. The lowest BCUT2D eigenvalue weighted by molar-refractivity contribution is -0.102. The molecule has 6 aliphatic rings. The van der Waals surface area contributed by atoms with Crippen molar-refractivity contribution in [1.82, 2.24) is 28.7 Å². The third-order valence-corrected chi connectivity index (χ3v) is 15.6. The summed E-state index contributed by atoms with van der Waals surface area (Å²) < 4.78 is 129. The first-order valence-electron chi connectivity index (χ1n) is 28.3. The Morgan fingerprint density at radius 2 is 1.02 bits per heavy atom. The Labute approximate surface area is 498 Å². The molecule has 3 saturated heterocycles. The third-order valence-electron chi connectivity index (χ3n) is 14.6. The molecular formula is C60H65F3N6O17S. The number of aryl methyl sites for hydroxylation is 4. The van der Waals surface area contributed by atoms with Crippen LogP contribution in [-0.4, -0.2) is 168 Å². The highest BCUT2D eigenvalue weighted by Crippen LogP contribution is 2.36. The van der Waals surface area contributed by atoms with E-state index in [4.69, 9.17) is 52.1 Å². The van der Waals surface area contributed by atoms with Crippen molar-refractivity contribution in [2.45, 2.75) is 75.6 Å². The van der Waals surface area contributed by atoms with Crippen LogP contribution in [0.1, 0.15) is 34.2 Å². The standard InChI is InChI=1S/C21H26N2O5.C21H22N2O5.C18H17F3N2O7S/c2*1-25-8-2-3-15-4-5-18-16(11-15)6-7-23-19(18)12-20(22-21(23)24)28-14-17-13-26-9-10-27-17;19-18(20,21)31(25,26)30-12-1-2-14-11(7-12)3-4-23-15(14)8-16(22-17(23)24)29-10-13-9-27-5-6-28-13/h4-5,11-12,17H,2-3,6-10,13-14H2,1H3;4-5,11-12,17H,6-10,13-14H2,1H3;1-2,7-8,13H,3-6,9-10H2/t2*17-;13-/m000/s1. The molecule has 27 heteroatoms. The number of benzene rings is 3. The van der Waals surface area contributed by atoms with Gasteiger partial charge in [0, 0.05) is 80.9 Å². The van der Waals surface area contributed by atoms with E-state index in [0.29, 0.717) is 121 Å². The van der Waals surface area contributed by atoms with Gasteiger partial charge in [-0.3, -0.25) is 13.7 Å². The van der Waals surface area contributed by atoms with E-state index in [9.17, 15) is 36.0 Å². The first-order valence-corrected chi connectivity index (χ1v) is 29.7. The monoisotopic (exact) mass is 1230 g/mol. The number of hydrogen-bond donors (Lipinski definition) is 0. The Bertz CT molecular complexity index is 3750. The number of halogens is 3. The zero-order valence-electron chi connectivity index (χ0n) is 47.9. The fourth-order valence-electron chi connectivity index (χ4n) is 10.4. The maximum Gasteiger partial charge on any atom is 0.534 e. The van der Waals surface area contributed by atoms with Crippen molar-refractivity contribution >= 4 is 10.1 Å². The van der Waals surface area contributed by atoms with Crippen molar-refractivity contribution in [3.8, 4) is 69.0 Å². The quantitative estimate of drug-likeness (QED) is 0.0556. The van der Waals surface area contributed by atoms with E-state index in [-0.39, 0.29) is 55.1 Å². The molecule has 0 spiro atoms. The molecule has 23 nitrogen and oxygen atoms in total. The molecule has 12 rings (SSSR count). The van der Waals surface area contributed by atoms with Crippen LogP contribution in [0, 0.1) is 11.8 Å². The van der Waals surface area contributed by atoms with Crippen LogP contribution in [0.25, 0.3) is 33.8 Å². The second kappa shape index (κ2) is 29.0. The fraction of sp³-hybridized carbons (Fsp3) is 0.467. The SMILES string of the molecule is COCC#Cc1ccc2c(c1)CCn1c-2cc(OC[C@@H]2COCCO2)nc1=O.COCCCc1ccc2c(c1)CCn1c-2cc(OC[C@@H]2COCCO2)nc1=O.O=c1nc(OC[C@@H]2COCCO2)cc2n1CCc1cc(OS(=O)(=O)C(F)(F)F)ccc1-2. The van der Waals surface area contributed by atoms with Crippen molar-refractivity contribution in [2.24, 2.45) is 0 Å². The lowest BCUT2D eigenvalue weighted by Crippen LogP contribution is -2.34. The molecule has 0 unspecified atom stereocenters. The molecule has 87 heavy (non-hydrogen) atoms. The number of alkyl halides is 3. The van der Waals surface area contributed by atoms with Gasteiger partial charge in [-0.1, -0.05) is 36.1 Å². The number of ether oxygens (including phenoxy) is 11. The smallest absolute Gasteiger partial charge is 0.475 e. The van der Waals surface area contributed by atoms with Gasteiger partial charge in [0.05, 0.1) is 76.5 Å². The summed E-state index contributed by atoms with van der Waals surface area (Å²) in [5.41, 5.74) is 3.25. The Morgan fingerprint density at radius 1 is 0.575 bits per heavy atom. The zero-order chi connectivity index (χ0) is 60.9. The highest BCUT2D eigenvalue weighted by atomic mass is 32.2. The molecule has 0 amide bonds. The Balaban J connectivity index is 0.000000145. The minimum Gasteiger partial charge on any atom is -0.475 e. The highest BCUT2D eigenvalue weighted by Gasteiger charge is 2.48. The van der Waals surface area contributed by atoms with Crippen LogP contribution < -0.4 is 35.5 Å². The molecule has 464 valence electrons. The summed E-state index contributed by atoms with van der Waals surface area (Å²) in [6.07, 6.45) is 3.29. The molecule has 0 N–H and O–H groups in total. The van der Waals surface area contributed by atoms with Crippen LogP contribution in [0.15, 0.2) is 87.2 Å².